The SMILES string of the molecule is O=C(NCCN1CCCC1)c1ncccc1S. The summed E-state index contributed by atoms with van der Waals surface area (Å²) in [6, 6.07) is 3.54. The zero-order valence-electron chi connectivity index (χ0n) is 9.72. The monoisotopic (exact) mass is 251 g/mol. The minimum absolute atomic E-state index is 0.144. The number of nitrogens with one attached hydrogen (secondary N) is 1. The van der Waals surface area contributed by atoms with Crippen LogP contribution in [0.3, 0.4) is 0 Å². The highest BCUT2D eigenvalue weighted by atomic mass is 32.1. The van der Waals surface area contributed by atoms with Gasteiger partial charge < -0.3 is 10.2 Å². The quantitative estimate of drug-likeness (QED) is 0.790. The van der Waals surface area contributed by atoms with Crippen molar-refractivity contribution < 1.29 is 4.79 Å². The molecule has 0 unspecified atom stereocenters. The highest BCUT2D eigenvalue weighted by Gasteiger charge is 2.13. The summed E-state index contributed by atoms with van der Waals surface area (Å²) in [6.07, 6.45) is 4.15. The third-order valence-corrected chi connectivity index (χ3v) is 3.27. The lowest BCUT2D eigenvalue weighted by atomic mass is 10.3. The van der Waals surface area contributed by atoms with Gasteiger partial charge in [0.05, 0.1) is 0 Å². The van der Waals surface area contributed by atoms with Crippen LogP contribution in [-0.4, -0.2) is 42.0 Å². The number of pyridine rings is 1. The first-order chi connectivity index (χ1) is 8.27. The van der Waals surface area contributed by atoms with Gasteiger partial charge >= 0.3 is 0 Å². The van der Waals surface area contributed by atoms with Gasteiger partial charge in [0, 0.05) is 24.2 Å². The molecule has 1 saturated heterocycles. The number of amides is 1. The van der Waals surface area contributed by atoms with E-state index in [1.807, 2.05) is 0 Å². The molecule has 0 radical (unpaired) electrons. The molecule has 0 spiro atoms. The van der Waals surface area contributed by atoms with Crippen molar-refractivity contribution in [3.8, 4) is 0 Å². The Bertz CT molecular complexity index is 391. The van der Waals surface area contributed by atoms with E-state index >= 15 is 0 Å². The number of aromatic nitrogens is 1. The maximum atomic E-state index is 11.8. The summed E-state index contributed by atoms with van der Waals surface area (Å²) < 4.78 is 0. The summed E-state index contributed by atoms with van der Waals surface area (Å²) in [5.74, 6) is -0.144. The Balaban J connectivity index is 1.79. The van der Waals surface area contributed by atoms with Crippen molar-refractivity contribution in [1.82, 2.24) is 15.2 Å². The molecule has 1 aromatic rings. The molecule has 1 aliphatic rings. The van der Waals surface area contributed by atoms with Gasteiger partial charge in [-0.05, 0) is 38.1 Å². The molecule has 17 heavy (non-hydrogen) atoms. The maximum absolute atomic E-state index is 11.8. The third-order valence-electron chi connectivity index (χ3n) is 2.91. The Morgan fingerprint density at radius 1 is 1.47 bits per heavy atom. The topological polar surface area (TPSA) is 45.2 Å². The molecule has 0 bridgehead atoms. The first kappa shape index (κ1) is 12.4. The van der Waals surface area contributed by atoms with Crippen LogP contribution in [0.2, 0.25) is 0 Å². The van der Waals surface area contributed by atoms with Crippen LogP contribution in [-0.2, 0) is 0 Å². The van der Waals surface area contributed by atoms with Crippen LogP contribution in [0.25, 0.3) is 0 Å². The summed E-state index contributed by atoms with van der Waals surface area (Å²) in [6.45, 7) is 3.89. The molecule has 1 N–H and O–H groups in total. The maximum Gasteiger partial charge on any atom is 0.271 e. The fraction of sp³-hybridized carbons (Fsp3) is 0.500. The number of rotatable bonds is 4. The molecule has 1 aliphatic heterocycles. The van der Waals surface area contributed by atoms with Gasteiger partial charge in [0.2, 0.25) is 0 Å². The Kier molecular flexibility index (Phi) is 4.39. The summed E-state index contributed by atoms with van der Waals surface area (Å²) >= 11 is 4.21. The lowest BCUT2D eigenvalue weighted by molar-refractivity contribution is 0.0941. The molecule has 2 heterocycles. The molecule has 0 aromatic carbocycles. The van der Waals surface area contributed by atoms with E-state index in [9.17, 15) is 4.79 Å². The molecule has 5 heteroatoms. The zero-order valence-corrected chi connectivity index (χ0v) is 10.6. The number of likely N-dealkylation sites (tertiary alicyclic amines) is 1. The summed E-state index contributed by atoms with van der Waals surface area (Å²) in [7, 11) is 0. The number of thiol groups is 1. The minimum atomic E-state index is -0.144. The van der Waals surface area contributed by atoms with Crippen LogP contribution in [0.1, 0.15) is 23.3 Å². The molecule has 4 nitrogen and oxygen atoms in total. The van der Waals surface area contributed by atoms with Gasteiger partial charge in [-0.15, -0.1) is 12.6 Å². The molecule has 1 fully saturated rings. The van der Waals surface area contributed by atoms with Gasteiger partial charge in [0.1, 0.15) is 5.69 Å². The predicted molar refractivity (Wildman–Crippen MR) is 69.5 cm³/mol. The zero-order chi connectivity index (χ0) is 12.1. The average molecular weight is 251 g/mol. The second kappa shape index (κ2) is 6.02. The molecule has 92 valence electrons. The van der Waals surface area contributed by atoms with Crippen LogP contribution < -0.4 is 5.32 Å². The average Bonchev–Trinajstić information content (AvgIpc) is 2.82. The second-order valence-electron chi connectivity index (χ2n) is 4.18. The standard InChI is InChI=1S/C12H17N3OS/c16-12(11-10(17)4-3-5-13-11)14-6-9-15-7-1-2-8-15/h3-5,17H,1-2,6-9H2,(H,14,16). The molecule has 0 saturated carbocycles. The van der Waals surface area contributed by atoms with Crippen molar-refractivity contribution in [1.29, 1.82) is 0 Å². The Morgan fingerprint density at radius 2 is 2.24 bits per heavy atom. The van der Waals surface area contributed by atoms with Crippen LogP contribution in [0.15, 0.2) is 23.2 Å². The van der Waals surface area contributed by atoms with Crippen LogP contribution >= 0.6 is 12.6 Å². The number of hydrogen-bond acceptors (Lipinski definition) is 4. The van der Waals surface area contributed by atoms with Crippen molar-refractivity contribution in [2.24, 2.45) is 0 Å². The lowest BCUT2D eigenvalue weighted by Gasteiger charge is -2.14. The summed E-state index contributed by atoms with van der Waals surface area (Å²) in [5.41, 5.74) is 0.400. The van der Waals surface area contributed by atoms with E-state index in [-0.39, 0.29) is 5.91 Å². The Hall–Kier alpha value is -1.07. The minimum Gasteiger partial charge on any atom is -0.349 e. The van der Waals surface area contributed by atoms with E-state index in [0.29, 0.717) is 17.1 Å². The van der Waals surface area contributed by atoms with Crippen molar-refractivity contribution >= 4 is 18.5 Å². The molecule has 1 amide bonds. The Labute approximate surface area is 107 Å². The highest BCUT2D eigenvalue weighted by molar-refractivity contribution is 7.80. The summed E-state index contributed by atoms with van der Waals surface area (Å²) in [4.78, 5) is 18.8. The van der Waals surface area contributed by atoms with E-state index in [1.54, 1.807) is 18.3 Å². The molecular weight excluding hydrogens is 234 g/mol. The van der Waals surface area contributed by atoms with Crippen LogP contribution in [0, 0.1) is 0 Å². The fourth-order valence-electron chi connectivity index (χ4n) is 1.99. The van der Waals surface area contributed by atoms with E-state index < -0.39 is 0 Å². The van der Waals surface area contributed by atoms with Gasteiger partial charge in [-0.2, -0.15) is 0 Å². The van der Waals surface area contributed by atoms with Crippen LogP contribution in [0.4, 0.5) is 0 Å². The van der Waals surface area contributed by atoms with Gasteiger partial charge in [-0.3, -0.25) is 4.79 Å². The first-order valence-corrected chi connectivity index (χ1v) is 6.36. The van der Waals surface area contributed by atoms with Gasteiger partial charge in [-0.1, -0.05) is 0 Å². The first-order valence-electron chi connectivity index (χ1n) is 5.92. The van der Waals surface area contributed by atoms with Gasteiger partial charge in [-0.25, -0.2) is 4.98 Å². The lowest BCUT2D eigenvalue weighted by Crippen LogP contribution is -2.34. The van der Waals surface area contributed by atoms with Crippen molar-refractivity contribution in [3.63, 3.8) is 0 Å². The fourth-order valence-corrected chi connectivity index (χ4v) is 2.23. The van der Waals surface area contributed by atoms with Gasteiger partial charge in [0.15, 0.2) is 0 Å². The molecule has 0 aliphatic carbocycles. The van der Waals surface area contributed by atoms with E-state index in [0.717, 1.165) is 19.6 Å². The molecule has 2 rings (SSSR count). The second-order valence-corrected chi connectivity index (χ2v) is 4.66. The normalized spacial score (nSPS) is 16.1. The number of carbonyl (C=O) groups is 1. The molecular formula is C12H17N3OS. The smallest absolute Gasteiger partial charge is 0.271 e. The number of nitrogens with zero attached hydrogens (tertiary/aromatic N) is 2. The van der Waals surface area contributed by atoms with Crippen LogP contribution in [0.5, 0.6) is 0 Å². The highest BCUT2D eigenvalue weighted by Crippen LogP contribution is 2.09. The van der Waals surface area contributed by atoms with Crippen molar-refractivity contribution in [3.05, 3.63) is 24.0 Å². The van der Waals surface area contributed by atoms with Crippen molar-refractivity contribution in [2.75, 3.05) is 26.2 Å². The van der Waals surface area contributed by atoms with E-state index in [2.05, 4.69) is 27.8 Å². The summed E-state index contributed by atoms with van der Waals surface area (Å²) in [5, 5.41) is 2.87. The van der Waals surface area contributed by atoms with E-state index in [4.69, 9.17) is 0 Å². The predicted octanol–water partition coefficient (Wildman–Crippen LogP) is 1.20. The van der Waals surface area contributed by atoms with Gasteiger partial charge in [0.25, 0.3) is 5.91 Å². The number of hydrogen-bond donors (Lipinski definition) is 2. The Morgan fingerprint density at radius 3 is 2.94 bits per heavy atom. The molecule has 1 aromatic heterocycles. The molecule has 0 atom stereocenters. The largest absolute Gasteiger partial charge is 0.349 e. The van der Waals surface area contributed by atoms with Crippen molar-refractivity contribution in [2.45, 2.75) is 17.7 Å². The third kappa shape index (κ3) is 3.44. The van der Waals surface area contributed by atoms with E-state index in [1.165, 1.54) is 12.8 Å². The number of carbonyl (C=O) groups excluding carboxylic acids is 1.